The summed E-state index contributed by atoms with van der Waals surface area (Å²) in [6.07, 6.45) is 0.386. The number of ether oxygens (including phenoxy) is 1. The number of rotatable bonds is 9. The highest BCUT2D eigenvalue weighted by Crippen LogP contribution is 2.09. The maximum Gasteiger partial charge on any atom is 0.251 e. The highest BCUT2D eigenvalue weighted by molar-refractivity contribution is 7.89. The van der Waals surface area contributed by atoms with Gasteiger partial charge in [0.2, 0.25) is 15.9 Å². The Labute approximate surface area is 164 Å². The number of nitrogens with zero attached hydrogens (tertiary/aromatic N) is 1. The van der Waals surface area contributed by atoms with Crippen LogP contribution >= 0.6 is 0 Å². The van der Waals surface area contributed by atoms with Crippen molar-refractivity contribution in [2.24, 2.45) is 0 Å². The molecule has 8 nitrogen and oxygen atoms in total. The highest BCUT2D eigenvalue weighted by atomic mass is 32.2. The van der Waals surface area contributed by atoms with Crippen LogP contribution in [0.15, 0.2) is 18.2 Å². The maximum absolute atomic E-state index is 13.5. The number of benzene rings is 1. The summed E-state index contributed by atoms with van der Waals surface area (Å²) in [7, 11) is -3.54. The van der Waals surface area contributed by atoms with Crippen molar-refractivity contribution in [2.45, 2.75) is 19.8 Å². The zero-order valence-electron chi connectivity index (χ0n) is 15.9. The zero-order chi connectivity index (χ0) is 20.6. The van der Waals surface area contributed by atoms with Crippen molar-refractivity contribution in [1.29, 1.82) is 0 Å². The molecule has 1 aliphatic rings. The van der Waals surface area contributed by atoms with E-state index in [-0.39, 0.29) is 43.2 Å². The van der Waals surface area contributed by atoms with Crippen molar-refractivity contribution in [2.75, 3.05) is 45.1 Å². The summed E-state index contributed by atoms with van der Waals surface area (Å²) >= 11 is 0. The first-order valence-corrected chi connectivity index (χ1v) is 10.8. The van der Waals surface area contributed by atoms with Crippen molar-refractivity contribution in [3.63, 3.8) is 0 Å². The smallest absolute Gasteiger partial charge is 0.251 e. The largest absolute Gasteiger partial charge is 0.378 e. The molecule has 0 unspecified atom stereocenters. The standard InChI is InChI=1S/C18H26FN3O5S/c1-14-4-5-15(13-16(14)19)18(24)20-6-7-21-28(25,26)12-2-3-17(23)22-8-10-27-11-9-22/h4-5,13,21H,2-3,6-12H2,1H3,(H,20,24). The minimum atomic E-state index is -3.54. The van der Waals surface area contributed by atoms with Crippen LogP contribution in [0.4, 0.5) is 4.39 Å². The van der Waals surface area contributed by atoms with E-state index in [1.165, 1.54) is 12.1 Å². The molecule has 10 heteroatoms. The summed E-state index contributed by atoms with van der Waals surface area (Å²) in [5, 5.41) is 2.53. The molecule has 2 rings (SSSR count). The van der Waals surface area contributed by atoms with E-state index in [1.54, 1.807) is 11.8 Å². The fourth-order valence-corrected chi connectivity index (χ4v) is 3.76. The van der Waals surface area contributed by atoms with E-state index in [4.69, 9.17) is 4.74 Å². The second-order valence-corrected chi connectivity index (χ2v) is 8.46. The summed E-state index contributed by atoms with van der Waals surface area (Å²) in [4.78, 5) is 25.6. The molecular formula is C18H26FN3O5S. The van der Waals surface area contributed by atoms with Gasteiger partial charge in [-0.15, -0.1) is 0 Å². The Hall–Kier alpha value is -2.04. The number of carbonyl (C=O) groups excluding carboxylic acids is 2. The van der Waals surface area contributed by atoms with Gasteiger partial charge in [-0.2, -0.15) is 0 Å². The molecule has 2 amide bonds. The number of sulfonamides is 1. The number of morpholine rings is 1. The van der Waals surface area contributed by atoms with Gasteiger partial charge in [0, 0.05) is 38.2 Å². The quantitative estimate of drug-likeness (QED) is 0.569. The first-order chi connectivity index (χ1) is 13.3. The van der Waals surface area contributed by atoms with Crippen LogP contribution in [0.5, 0.6) is 0 Å². The van der Waals surface area contributed by atoms with Crippen molar-refractivity contribution in [3.8, 4) is 0 Å². The summed E-state index contributed by atoms with van der Waals surface area (Å²) in [5.74, 6) is -1.19. The number of carbonyl (C=O) groups is 2. The predicted molar refractivity (Wildman–Crippen MR) is 102 cm³/mol. The fraction of sp³-hybridized carbons (Fsp3) is 0.556. The normalized spacial score (nSPS) is 14.7. The van der Waals surface area contributed by atoms with Gasteiger partial charge in [-0.05, 0) is 31.0 Å². The zero-order valence-corrected chi connectivity index (χ0v) is 16.7. The second-order valence-electron chi connectivity index (χ2n) is 6.53. The molecule has 1 fully saturated rings. The van der Waals surface area contributed by atoms with Gasteiger partial charge in [0.1, 0.15) is 5.82 Å². The minimum Gasteiger partial charge on any atom is -0.378 e. The van der Waals surface area contributed by atoms with E-state index in [2.05, 4.69) is 10.0 Å². The van der Waals surface area contributed by atoms with Gasteiger partial charge in [-0.25, -0.2) is 17.5 Å². The van der Waals surface area contributed by atoms with Crippen molar-refractivity contribution < 1.29 is 27.1 Å². The van der Waals surface area contributed by atoms with Crippen molar-refractivity contribution in [3.05, 3.63) is 35.1 Å². The van der Waals surface area contributed by atoms with Gasteiger partial charge in [-0.3, -0.25) is 9.59 Å². The molecule has 1 aromatic rings. The average Bonchev–Trinajstić information content (AvgIpc) is 2.67. The average molecular weight is 415 g/mol. The van der Waals surface area contributed by atoms with Gasteiger partial charge in [0.15, 0.2) is 0 Å². The third-order valence-corrected chi connectivity index (χ3v) is 5.80. The lowest BCUT2D eigenvalue weighted by atomic mass is 10.1. The van der Waals surface area contributed by atoms with E-state index < -0.39 is 21.7 Å². The molecule has 0 radical (unpaired) electrons. The molecule has 0 saturated carbocycles. The van der Waals surface area contributed by atoms with Gasteiger partial charge in [0.05, 0.1) is 19.0 Å². The van der Waals surface area contributed by atoms with Crippen LogP contribution in [0.1, 0.15) is 28.8 Å². The Kier molecular flexibility index (Phi) is 8.34. The first-order valence-electron chi connectivity index (χ1n) is 9.16. The minimum absolute atomic E-state index is 0.0137. The number of hydrogen-bond donors (Lipinski definition) is 2. The fourth-order valence-electron chi connectivity index (χ4n) is 2.68. The molecule has 1 saturated heterocycles. The molecular weight excluding hydrogens is 389 g/mol. The number of aryl methyl sites for hydroxylation is 1. The maximum atomic E-state index is 13.5. The molecule has 0 bridgehead atoms. The van der Waals surface area contributed by atoms with Crippen LogP contribution in [0.25, 0.3) is 0 Å². The summed E-state index contributed by atoms with van der Waals surface area (Å²) < 4.78 is 45.0. The van der Waals surface area contributed by atoms with Gasteiger partial charge in [0.25, 0.3) is 5.91 Å². The Morgan fingerprint density at radius 3 is 2.61 bits per heavy atom. The van der Waals surface area contributed by atoms with Gasteiger partial charge in [-0.1, -0.05) is 6.07 Å². The highest BCUT2D eigenvalue weighted by Gasteiger charge is 2.18. The molecule has 28 heavy (non-hydrogen) atoms. The predicted octanol–water partition coefficient (Wildman–Crippen LogP) is 0.422. The molecule has 1 aromatic carbocycles. The Morgan fingerprint density at radius 2 is 1.93 bits per heavy atom. The summed E-state index contributed by atoms with van der Waals surface area (Å²) in [6.45, 7) is 3.77. The number of hydrogen-bond acceptors (Lipinski definition) is 5. The van der Waals surface area contributed by atoms with E-state index >= 15 is 0 Å². The molecule has 1 heterocycles. The number of halogens is 1. The van der Waals surface area contributed by atoms with E-state index in [9.17, 15) is 22.4 Å². The van der Waals surface area contributed by atoms with Crippen LogP contribution in [0, 0.1) is 12.7 Å². The molecule has 1 aliphatic heterocycles. The van der Waals surface area contributed by atoms with Crippen LogP contribution in [0.2, 0.25) is 0 Å². The number of amides is 2. The second kappa shape index (κ2) is 10.5. The van der Waals surface area contributed by atoms with E-state index in [1.807, 2.05) is 0 Å². The lowest BCUT2D eigenvalue weighted by Crippen LogP contribution is -2.41. The Balaban J connectivity index is 1.64. The molecule has 0 aromatic heterocycles. The van der Waals surface area contributed by atoms with Crippen molar-refractivity contribution >= 4 is 21.8 Å². The van der Waals surface area contributed by atoms with Gasteiger partial charge < -0.3 is 15.0 Å². The first kappa shape index (κ1) is 22.3. The molecule has 0 atom stereocenters. The third-order valence-electron chi connectivity index (χ3n) is 4.33. The van der Waals surface area contributed by atoms with Crippen molar-refractivity contribution in [1.82, 2.24) is 14.9 Å². The number of nitrogens with one attached hydrogen (secondary N) is 2. The van der Waals surface area contributed by atoms with Crippen LogP contribution in [-0.4, -0.2) is 70.3 Å². The lowest BCUT2D eigenvalue weighted by molar-refractivity contribution is -0.135. The molecule has 156 valence electrons. The molecule has 0 spiro atoms. The Morgan fingerprint density at radius 1 is 1.21 bits per heavy atom. The third kappa shape index (κ3) is 7.17. The van der Waals surface area contributed by atoms with Crippen LogP contribution in [0.3, 0.4) is 0 Å². The topological polar surface area (TPSA) is 105 Å². The summed E-state index contributed by atoms with van der Waals surface area (Å²) in [6, 6.07) is 4.15. The molecule has 2 N–H and O–H groups in total. The summed E-state index contributed by atoms with van der Waals surface area (Å²) in [5.41, 5.74) is 0.615. The SMILES string of the molecule is Cc1ccc(C(=O)NCCNS(=O)(=O)CCCC(=O)N2CCOCC2)cc1F. The van der Waals surface area contributed by atoms with Gasteiger partial charge >= 0.3 is 0 Å². The van der Waals surface area contributed by atoms with Crippen LogP contribution in [-0.2, 0) is 19.6 Å². The Bertz CT molecular complexity index is 794. The molecule has 0 aliphatic carbocycles. The van der Waals surface area contributed by atoms with E-state index in [0.717, 1.165) is 6.07 Å². The monoisotopic (exact) mass is 415 g/mol. The lowest BCUT2D eigenvalue weighted by Gasteiger charge is -2.26. The van der Waals surface area contributed by atoms with Crippen LogP contribution < -0.4 is 10.0 Å². The van der Waals surface area contributed by atoms with E-state index in [0.29, 0.717) is 31.9 Å².